The lowest BCUT2D eigenvalue weighted by Crippen LogP contribution is -2.43. The van der Waals surface area contributed by atoms with Gasteiger partial charge in [-0.25, -0.2) is 4.79 Å². The first-order valence-corrected chi connectivity index (χ1v) is 11.5. The van der Waals surface area contributed by atoms with Crippen LogP contribution in [0.2, 0.25) is 0 Å². The van der Waals surface area contributed by atoms with Gasteiger partial charge in [-0.2, -0.15) is 0 Å². The Morgan fingerprint density at radius 2 is 1.69 bits per heavy atom. The predicted octanol–water partition coefficient (Wildman–Crippen LogP) is 3.79. The van der Waals surface area contributed by atoms with Crippen molar-refractivity contribution in [3.63, 3.8) is 0 Å². The van der Waals surface area contributed by atoms with Gasteiger partial charge in [0.2, 0.25) is 0 Å². The molecular formula is C20H23INO6P. The molecule has 0 saturated heterocycles. The summed E-state index contributed by atoms with van der Waals surface area (Å²) in [6.45, 7) is 0. The van der Waals surface area contributed by atoms with Gasteiger partial charge in [-0.15, -0.1) is 0 Å². The molecule has 9 heteroatoms. The lowest BCUT2D eigenvalue weighted by molar-refractivity contribution is -0.142. The highest BCUT2D eigenvalue weighted by Gasteiger charge is 2.24. The van der Waals surface area contributed by atoms with Crippen LogP contribution in [-0.4, -0.2) is 39.2 Å². The van der Waals surface area contributed by atoms with Gasteiger partial charge in [0.05, 0.1) is 13.3 Å². The maximum atomic E-state index is 12.6. The molecule has 0 saturated carbocycles. The van der Waals surface area contributed by atoms with Crippen LogP contribution in [0.5, 0.6) is 0 Å². The van der Waals surface area contributed by atoms with E-state index in [0.29, 0.717) is 17.5 Å². The van der Waals surface area contributed by atoms with E-state index in [1.807, 2.05) is 24.3 Å². The average molecular weight is 531 g/mol. The molecule has 2 aromatic rings. The van der Waals surface area contributed by atoms with Crippen LogP contribution in [-0.2, 0) is 35.7 Å². The third-order valence-corrected chi connectivity index (χ3v) is 6.80. The van der Waals surface area contributed by atoms with Gasteiger partial charge in [0, 0.05) is 29.8 Å². The first-order chi connectivity index (χ1) is 13.8. The summed E-state index contributed by atoms with van der Waals surface area (Å²) in [7, 11) is 0.752. The van der Waals surface area contributed by atoms with Gasteiger partial charge in [0.15, 0.2) is 0 Å². The highest BCUT2D eigenvalue weighted by molar-refractivity contribution is 14.1. The lowest BCUT2D eigenvalue weighted by Gasteiger charge is -2.17. The quantitative estimate of drug-likeness (QED) is 0.301. The average Bonchev–Trinajstić information content (AvgIpc) is 2.73. The van der Waals surface area contributed by atoms with Gasteiger partial charge in [-0.1, -0.05) is 24.3 Å². The van der Waals surface area contributed by atoms with E-state index in [2.05, 4.69) is 27.9 Å². The maximum Gasteiger partial charge on any atom is 0.334 e. The van der Waals surface area contributed by atoms with Crippen LogP contribution >= 0.6 is 30.2 Å². The van der Waals surface area contributed by atoms with Crippen LogP contribution in [0, 0.1) is 3.57 Å². The van der Waals surface area contributed by atoms with Gasteiger partial charge in [-0.3, -0.25) is 9.36 Å². The number of methoxy groups -OCH3 is 1. The number of halogens is 1. The number of hydrogen-bond donors (Lipinski definition) is 1. The minimum Gasteiger partial charge on any atom is -0.467 e. The molecule has 0 aromatic heterocycles. The van der Waals surface area contributed by atoms with Crippen molar-refractivity contribution in [2.45, 2.75) is 18.6 Å². The highest BCUT2D eigenvalue weighted by Crippen LogP contribution is 2.49. The Bertz CT molecular complexity index is 894. The zero-order valence-electron chi connectivity index (χ0n) is 16.4. The molecule has 2 rings (SSSR count). The Balaban J connectivity index is 2.10. The van der Waals surface area contributed by atoms with Gasteiger partial charge < -0.3 is 19.1 Å². The number of benzene rings is 2. The summed E-state index contributed by atoms with van der Waals surface area (Å²) < 4.78 is 27.9. The Morgan fingerprint density at radius 1 is 1.03 bits per heavy atom. The largest absolute Gasteiger partial charge is 0.467 e. The smallest absolute Gasteiger partial charge is 0.334 e. The maximum absolute atomic E-state index is 12.6. The van der Waals surface area contributed by atoms with Crippen molar-refractivity contribution in [1.29, 1.82) is 0 Å². The molecule has 0 radical (unpaired) electrons. The summed E-state index contributed by atoms with van der Waals surface area (Å²) in [4.78, 5) is 24.8. The second kappa shape index (κ2) is 10.9. The molecule has 156 valence electrons. The minimum absolute atomic E-state index is 0.0966. The first-order valence-electron chi connectivity index (χ1n) is 8.73. The molecule has 0 heterocycles. The molecule has 0 aliphatic heterocycles. The summed E-state index contributed by atoms with van der Waals surface area (Å²) in [6.07, 6.45) is 0.414. The zero-order valence-corrected chi connectivity index (χ0v) is 19.4. The normalized spacial score (nSPS) is 12.3. The molecule has 0 aliphatic carbocycles. The molecule has 7 nitrogen and oxygen atoms in total. The second-order valence-corrected chi connectivity index (χ2v) is 9.73. The predicted molar refractivity (Wildman–Crippen MR) is 118 cm³/mol. The number of carbonyl (C=O) groups is 2. The molecule has 2 aromatic carbocycles. The molecule has 1 N–H and O–H groups in total. The van der Waals surface area contributed by atoms with E-state index in [1.165, 1.54) is 21.3 Å². The topological polar surface area (TPSA) is 90.9 Å². The SMILES string of the molecule is COC(=O)[C@H](Cc1cccc(I)c1)NC(=O)c1ccc(CP(=O)(OC)OC)cc1. The Kier molecular flexibility index (Phi) is 8.82. The molecule has 1 atom stereocenters. The van der Waals surface area contributed by atoms with Crippen molar-refractivity contribution in [3.8, 4) is 0 Å². The third-order valence-electron chi connectivity index (χ3n) is 4.27. The van der Waals surface area contributed by atoms with Crippen LogP contribution in [0.25, 0.3) is 0 Å². The van der Waals surface area contributed by atoms with E-state index in [4.69, 9.17) is 13.8 Å². The molecule has 0 unspecified atom stereocenters. The second-order valence-electron chi connectivity index (χ2n) is 6.21. The Hall–Kier alpha value is -1.74. The fraction of sp³-hybridized carbons (Fsp3) is 0.300. The molecule has 1 amide bonds. The summed E-state index contributed by atoms with van der Waals surface area (Å²) in [5.74, 6) is -0.922. The van der Waals surface area contributed by atoms with Crippen molar-refractivity contribution in [2.75, 3.05) is 21.3 Å². The van der Waals surface area contributed by atoms with E-state index >= 15 is 0 Å². The van der Waals surface area contributed by atoms with E-state index in [-0.39, 0.29) is 6.16 Å². The summed E-state index contributed by atoms with van der Waals surface area (Å²) in [6, 6.07) is 13.4. The van der Waals surface area contributed by atoms with Crippen LogP contribution in [0.15, 0.2) is 48.5 Å². The van der Waals surface area contributed by atoms with Crippen LogP contribution in [0.1, 0.15) is 21.5 Å². The number of nitrogens with one attached hydrogen (secondary N) is 1. The molecule has 0 aliphatic rings. The number of hydrogen-bond acceptors (Lipinski definition) is 6. The van der Waals surface area contributed by atoms with Gasteiger partial charge in [0.25, 0.3) is 5.91 Å². The number of carbonyl (C=O) groups excluding carboxylic acids is 2. The van der Waals surface area contributed by atoms with Gasteiger partial charge >= 0.3 is 13.6 Å². The van der Waals surface area contributed by atoms with Gasteiger partial charge in [0.1, 0.15) is 6.04 Å². The summed E-state index contributed by atoms with van der Waals surface area (Å²) in [5.41, 5.74) is 1.99. The van der Waals surface area contributed by atoms with Crippen molar-refractivity contribution in [2.24, 2.45) is 0 Å². The fourth-order valence-electron chi connectivity index (χ4n) is 2.67. The molecule has 29 heavy (non-hydrogen) atoms. The van der Waals surface area contributed by atoms with E-state index in [0.717, 1.165) is 9.13 Å². The molecule has 0 bridgehead atoms. The van der Waals surface area contributed by atoms with Gasteiger partial charge in [-0.05, 0) is 58.0 Å². The molecular weight excluding hydrogens is 508 g/mol. The Labute approximate surface area is 183 Å². The third kappa shape index (κ3) is 6.92. The van der Waals surface area contributed by atoms with Crippen molar-refractivity contribution < 1.29 is 27.9 Å². The monoisotopic (exact) mass is 531 g/mol. The number of esters is 1. The van der Waals surface area contributed by atoms with Crippen LogP contribution in [0.4, 0.5) is 0 Å². The van der Waals surface area contributed by atoms with Crippen LogP contribution in [0.3, 0.4) is 0 Å². The van der Waals surface area contributed by atoms with E-state index in [1.54, 1.807) is 24.3 Å². The minimum atomic E-state index is -3.19. The lowest BCUT2D eigenvalue weighted by atomic mass is 10.1. The first kappa shape index (κ1) is 23.5. The van der Waals surface area contributed by atoms with Crippen molar-refractivity contribution >= 4 is 42.1 Å². The zero-order chi connectivity index (χ0) is 21.4. The summed E-state index contributed by atoms with van der Waals surface area (Å²) >= 11 is 2.19. The van der Waals surface area contributed by atoms with Crippen LogP contribution < -0.4 is 5.32 Å². The number of ether oxygens (including phenoxy) is 1. The van der Waals surface area contributed by atoms with E-state index in [9.17, 15) is 14.2 Å². The summed E-state index contributed by atoms with van der Waals surface area (Å²) in [5, 5.41) is 2.72. The van der Waals surface area contributed by atoms with Crippen molar-refractivity contribution in [3.05, 3.63) is 68.8 Å². The number of amides is 1. The molecule has 0 spiro atoms. The highest BCUT2D eigenvalue weighted by atomic mass is 127. The molecule has 0 fully saturated rings. The van der Waals surface area contributed by atoms with E-state index < -0.39 is 25.5 Å². The fourth-order valence-corrected chi connectivity index (χ4v) is 4.34. The Morgan fingerprint density at radius 3 is 2.24 bits per heavy atom. The standard InChI is InChI=1S/C20H23INO6P/c1-26-20(24)18(12-15-5-4-6-17(21)11-15)22-19(23)16-9-7-14(8-10-16)13-29(25,27-2)28-3/h4-11,18H,12-13H2,1-3H3,(H,22,23)/t18-/m0/s1. The van der Waals surface area contributed by atoms with Crippen molar-refractivity contribution in [1.82, 2.24) is 5.32 Å². The number of rotatable bonds is 9.